The van der Waals surface area contributed by atoms with Crippen molar-refractivity contribution in [1.82, 2.24) is 0 Å². The van der Waals surface area contributed by atoms with Gasteiger partial charge in [-0.05, 0) is 44.4 Å². The average Bonchev–Trinajstić information content (AvgIpc) is 2.36. The highest BCUT2D eigenvalue weighted by atomic mass is 19.1. The number of halogens is 2. The molecule has 2 N–H and O–H groups in total. The highest BCUT2D eigenvalue weighted by Gasteiger charge is 2.27. The van der Waals surface area contributed by atoms with Crippen molar-refractivity contribution in [2.45, 2.75) is 51.9 Å². The summed E-state index contributed by atoms with van der Waals surface area (Å²) in [5.41, 5.74) is 6.51. The molecule has 1 saturated heterocycles. The second-order valence-corrected chi connectivity index (χ2v) is 5.94. The fourth-order valence-electron chi connectivity index (χ4n) is 2.85. The smallest absolute Gasteiger partial charge is 0.149 e. The molecule has 0 saturated carbocycles. The molecule has 0 aliphatic carbocycles. The topological polar surface area (TPSA) is 38.5 Å². The third kappa shape index (κ3) is 3.92. The molecule has 0 radical (unpaired) electrons. The predicted octanol–water partition coefficient (Wildman–Crippen LogP) is 2.86. The van der Waals surface area contributed by atoms with Crippen molar-refractivity contribution in [3.8, 4) is 0 Å². The number of hydrogen-bond acceptors (Lipinski definition) is 3. The molecule has 1 heterocycles. The molecule has 0 spiro atoms. The first-order chi connectivity index (χ1) is 9.90. The maximum atomic E-state index is 14.3. The maximum Gasteiger partial charge on any atom is 0.149 e. The molecular formula is C16H24F2N2O. The van der Waals surface area contributed by atoms with Crippen LogP contribution in [0.25, 0.3) is 0 Å². The number of benzene rings is 1. The van der Waals surface area contributed by atoms with Crippen molar-refractivity contribution < 1.29 is 13.5 Å². The molecule has 2 rings (SSSR count). The van der Waals surface area contributed by atoms with E-state index in [1.165, 1.54) is 12.1 Å². The Morgan fingerprint density at radius 2 is 1.76 bits per heavy atom. The van der Waals surface area contributed by atoms with Gasteiger partial charge in [-0.3, -0.25) is 0 Å². The van der Waals surface area contributed by atoms with Crippen LogP contribution in [0.1, 0.15) is 32.8 Å². The van der Waals surface area contributed by atoms with Crippen LogP contribution in [-0.2, 0) is 11.2 Å². The van der Waals surface area contributed by atoms with Gasteiger partial charge in [-0.2, -0.15) is 0 Å². The van der Waals surface area contributed by atoms with E-state index < -0.39 is 11.6 Å². The number of nitrogens with two attached hydrogens (primary N) is 1. The van der Waals surface area contributed by atoms with Gasteiger partial charge in [0.15, 0.2) is 0 Å². The molecule has 3 atom stereocenters. The molecule has 3 unspecified atom stereocenters. The van der Waals surface area contributed by atoms with Crippen molar-refractivity contribution in [2.24, 2.45) is 5.73 Å². The van der Waals surface area contributed by atoms with Crippen LogP contribution < -0.4 is 10.6 Å². The molecule has 0 amide bonds. The second-order valence-electron chi connectivity index (χ2n) is 5.94. The van der Waals surface area contributed by atoms with Gasteiger partial charge < -0.3 is 15.4 Å². The molecule has 1 fully saturated rings. The minimum Gasteiger partial charge on any atom is -0.372 e. The van der Waals surface area contributed by atoms with Crippen LogP contribution in [0.2, 0.25) is 0 Å². The lowest BCUT2D eigenvalue weighted by Crippen LogP contribution is -2.46. The lowest BCUT2D eigenvalue weighted by molar-refractivity contribution is -0.00558. The van der Waals surface area contributed by atoms with Crippen LogP contribution in [-0.4, -0.2) is 31.3 Å². The number of morpholine rings is 1. The maximum absolute atomic E-state index is 14.3. The fourth-order valence-corrected chi connectivity index (χ4v) is 2.85. The molecule has 0 bridgehead atoms. The van der Waals surface area contributed by atoms with Crippen LogP contribution in [0.3, 0.4) is 0 Å². The van der Waals surface area contributed by atoms with Gasteiger partial charge in [-0.15, -0.1) is 0 Å². The van der Waals surface area contributed by atoms with Crippen molar-refractivity contribution in [3.05, 3.63) is 29.3 Å². The SMILES string of the molecule is CCC(N)Cc1cc(F)c(N2CC(C)OC(C)C2)c(F)c1. The van der Waals surface area contributed by atoms with Gasteiger partial charge in [-0.25, -0.2) is 8.78 Å². The summed E-state index contributed by atoms with van der Waals surface area (Å²) in [5.74, 6) is -1.04. The molecule has 118 valence electrons. The van der Waals surface area contributed by atoms with Crippen LogP contribution in [0.15, 0.2) is 12.1 Å². The Morgan fingerprint density at radius 3 is 2.24 bits per heavy atom. The lowest BCUT2D eigenvalue weighted by atomic mass is 10.0. The standard InChI is InChI=1S/C16H24F2N2O/c1-4-13(19)5-12-6-14(17)16(15(18)7-12)20-8-10(2)21-11(3)9-20/h6-7,10-11,13H,4-5,8-9,19H2,1-3H3. The van der Waals surface area contributed by atoms with Gasteiger partial charge in [0, 0.05) is 19.1 Å². The van der Waals surface area contributed by atoms with Gasteiger partial charge in [0.25, 0.3) is 0 Å². The first-order valence-corrected chi connectivity index (χ1v) is 7.54. The largest absolute Gasteiger partial charge is 0.372 e. The Labute approximate surface area is 125 Å². The van der Waals surface area contributed by atoms with E-state index in [1.54, 1.807) is 4.90 Å². The van der Waals surface area contributed by atoms with E-state index in [0.717, 1.165) is 6.42 Å². The number of ether oxygens (including phenoxy) is 1. The first-order valence-electron chi connectivity index (χ1n) is 7.54. The van der Waals surface area contributed by atoms with E-state index in [-0.39, 0.29) is 23.9 Å². The zero-order valence-electron chi connectivity index (χ0n) is 12.9. The summed E-state index contributed by atoms with van der Waals surface area (Å²) in [5, 5.41) is 0. The third-order valence-corrected chi connectivity index (χ3v) is 3.83. The highest BCUT2D eigenvalue weighted by molar-refractivity contribution is 5.51. The van der Waals surface area contributed by atoms with Crippen LogP contribution in [0.4, 0.5) is 14.5 Å². The number of anilines is 1. The van der Waals surface area contributed by atoms with Crippen molar-refractivity contribution in [1.29, 1.82) is 0 Å². The first kappa shape index (κ1) is 16.2. The fraction of sp³-hybridized carbons (Fsp3) is 0.625. The molecule has 1 aliphatic heterocycles. The predicted molar refractivity (Wildman–Crippen MR) is 80.6 cm³/mol. The van der Waals surface area contributed by atoms with Crippen LogP contribution >= 0.6 is 0 Å². The minimum atomic E-state index is -0.519. The van der Waals surface area contributed by atoms with E-state index >= 15 is 0 Å². The Balaban J connectivity index is 2.24. The van der Waals surface area contributed by atoms with Gasteiger partial charge in [0.05, 0.1) is 12.2 Å². The quantitative estimate of drug-likeness (QED) is 0.929. The van der Waals surface area contributed by atoms with Crippen molar-refractivity contribution in [3.63, 3.8) is 0 Å². The highest BCUT2D eigenvalue weighted by Crippen LogP contribution is 2.28. The third-order valence-electron chi connectivity index (χ3n) is 3.83. The Bertz CT molecular complexity index is 462. The molecule has 3 nitrogen and oxygen atoms in total. The Morgan fingerprint density at radius 1 is 1.24 bits per heavy atom. The number of hydrogen-bond donors (Lipinski definition) is 1. The van der Waals surface area contributed by atoms with Crippen LogP contribution in [0.5, 0.6) is 0 Å². The van der Waals surface area contributed by atoms with Crippen molar-refractivity contribution in [2.75, 3.05) is 18.0 Å². The Hall–Kier alpha value is -1.20. The molecule has 5 heteroatoms. The average molecular weight is 298 g/mol. The molecule has 1 aromatic carbocycles. The van der Waals surface area contributed by atoms with E-state index in [1.807, 2.05) is 20.8 Å². The van der Waals surface area contributed by atoms with E-state index in [9.17, 15) is 8.78 Å². The summed E-state index contributed by atoms with van der Waals surface area (Å²) in [6, 6.07) is 2.73. The zero-order chi connectivity index (χ0) is 15.6. The molecule has 1 aromatic rings. The number of rotatable bonds is 4. The van der Waals surface area contributed by atoms with Gasteiger partial charge in [-0.1, -0.05) is 6.92 Å². The van der Waals surface area contributed by atoms with Gasteiger partial charge >= 0.3 is 0 Å². The van der Waals surface area contributed by atoms with E-state index in [0.29, 0.717) is 25.1 Å². The zero-order valence-corrected chi connectivity index (χ0v) is 12.9. The normalized spacial score (nSPS) is 24.2. The molecule has 1 aliphatic rings. The molecule has 0 aromatic heterocycles. The van der Waals surface area contributed by atoms with E-state index in [2.05, 4.69) is 0 Å². The van der Waals surface area contributed by atoms with Gasteiger partial charge in [0.2, 0.25) is 0 Å². The Kier molecular flexibility index (Phi) is 5.17. The lowest BCUT2D eigenvalue weighted by Gasteiger charge is -2.37. The number of nitrogens with zero attached hydrogens (tertiary/aromatic N) is 1. The van der Waals surface area contributed by atoms with E-state index in [4.69, 9.17) is 10.5 Å². The summed E-state index contributed by atoms with van der Waals surface area (Å²) >= 11 is 0. The summed E-state index contributed by atoms with van der Waals surface area (Å²) in [6.45, 7) is 6.76. The molecular weight excluding hydrogens is 274 g/mol. The summed E-state index contributed by atoms with van der Waals surface area (Å²) in [6.07, 6.45) is 1.19. The monoisotopic (exact) mass is 298 g/mol. The summed E-state index contributed by atoms with van der Waals surface area (Å²) < 4.78 is 34.3. The molecule has 21 heavy (non-hydrogen) atoms. The second kappa shape index (κ2) is 6.71. The summed E-state index contributed by atoms with van der Waals surface area (Å²) in [7, 11) is 0. The minimum absolute atomic E-state index is 0.0410. The van der Waals surface area contributed by atoms with Crippen LogP contribution in [0, 0.1) is 11.6 Å². The van der Waals surface area contributed by atoms with Crippen molar-refractivity contribution >= 4 is 5.69 Å². The summed E-state index contributed by atoms with van der Waals surface area (Å²) in [4.78, 5) is 1.73. The van der Waals surface area contributed by atoms with Gasteiger partial charge in [0.1, 0.15) is 17.3 Å².